The van der Waals surface area contributed by atoms with Gasteiger partial charge < -0.3 is 15.4 Å². The van der Waals surface area contributed by atoms with Crippen molar-refractivity contribution in [2.24, 2.45) is 0 Å². The predicted octanol–water partition coefficient (Wildman–Crippen LogP) is 4.10. The number of anilines is 3. The molecule has 0 unspecified atom stereocenters. The summed E-state index contributed by atoms with van der Waals surface area (Å²) >= 11 is 0. The summed E-state index contributed by atoms with van der Waals surface area (Å²) in [5.74, 6) is 0.923. The van der Waals surface area contributed by atoms with Gasteiger partial charge in [0.1, 0.15) is 5.75 Å². The van der Waals surface area contributed by atoms with Gasteiger partial charge in [-0.25, -0.2) is 0 Å². The third kappa shape index (κ3) is 3.97. The molecule has 0 atom stereocenters. The highest BCUT2D eigenvalue weighted by molar-refractivity contribution is 6.02. The molecule has 1 heterocycles. The molecule has 0 saturated carbocycles. The van der Waals surface area contributed by atoms with Crippen molar-refractivity contribution in [2.45, 2.75) is 13.8 Å². The Morgan fingerprint density at radius 3 is 2.35 bits per heavy atom. The van der Waals surface area contributed by atoms with Gasteiger partial charge in [-0.3, -0.25) is 4.79 Å². The topological polar surface area (TPSA) is 76.1 Å². The van der Waals surface area contributed by atoms with Crippen LogP contribution in [-0.2, 0) is 0 Å². The minimum atomic E-state index is -0.329. The van der Waals surface area contributed by atoms with Crippen LogP contribution in [0.2, 0.25) is 0 Å². The van der Waals surface area contributed by atoms with E-state index in [1.807, 2.05) is 38.1 Å². The summed E-state index contributed by atoms with van der Waals surface area (Å²) in [6, 6.07) is 16.6. The number of ether oxygens (including phenoxy) is 1. The first-order valence-electron chi connectivity index (χ1n) is 8.19. The molecule has 0 bridgehead atoms. The van der Waals surface area contributed by atoms with Gasteiger partial charge in [-0.1, -0.05) is 24.3 Å². The molecule has 6 nitrogen and oxygen atoms in total. The summed E-state index contributed by atoms with van der Waals surface area (Å²) < 4.78 is 5.15. The predicted molar refractivity (Wildman–Crippen MR) is 102 cm³/mol. The largest absolute Gasteiger partial charge is 0.497 e. The SMILES string of the molecule is COc1cccc(NC(=O)c2ccc(Nc3c(C)cccc3C)nn2)c1. The Labute approximate surface area is 152 Å². The fraction of sp³-hybridized carbons (Fsp3) is 0.150. The van der Waals surface area contributed by atoms with Crippen LogP contribution in [-0.4, -0.2) is 23.2 Å². The Hall–Kier alpha value is -3.41. The molecule has 0 fully saturated rings. The van der Waals surface area contributed by atoms with Crippen LogP contribution in [0.1, 0.15) is 21.6 Å². The number of hydrogen-bond acceptors (Lipinski definition) is 5. The molecule has 3 aromatic rings. The number of benzene rings is 2. The molecule has 0 aliphatic carbocycles. The number of nitrogens with one attached hydrogen (secondary N) is 2. The smallest absolute Gasteiger partial charge is 0.276 e. The first-order chi connectivity index (χ1) is 12.6. The molecule has 6 heteroatoms. The van der Waals surface area contributed by atoms with Crippen molar-refractivity contribution < 1.29 is 9.53 Å². The van der Waals surface area contributed by atoms with E-state index in [9.17, 15) is 4.79 Å². The minimum absolute atomic E-state index is 0.236. The number of rotatable bonds is 5. The second-order valence-corrected chi connectivity index (χ2v) is 5.88. The fourth-order valence-corrected chi connectivity index (χ4v) is 2.56. The highest BCUT2D eigenvalue weighted by Crippen LogP contribution is 2.23. The molecule has 0 spiro atoms. The van der Waals surface area contributed by atoms with Crippen LogP contribution in [0.5, 0.6) is 5.75 Å². The summed E-state index contributed by atoms with van der Waals surface area (Å²) in [6.45, 7) is 4.05. The number of carbonyl (C=O) groups excluding carboxylic acids is 1. The Morgan fingerprint density at radius 1 is 0.962 bits per heavy atom. The normalized spacial score (nSPS) is 10.3. The van der Waals surface area contributed by atoms with Gasteiger partial charge in [0.2, 0.25) is 0 Å². The van der Waals surface area contributed by atoms with Crippen LogP contribution < -0.4 is 15.4 Å². The third-order valence-corrected chi connectivity index (χ3v) is 3.96. The zero-order valence-electron chi connectivity index (χ0n) is 14.9. The average Bonchev–Trinajstić information content (AvgIpc) is 2.65. The van der Waals surface area contributed by atoms with Gasteiger partial charge in [-0.05, 0) is 49.2 Å². The van der Waals surface area contributed by atoms with Crippen molar-refractivity contribution in [3.8, 4) is 5.75 Å². The van der Waals surface area contributed by atoms with Crippen LogP contribution in [0.15, 0.2) is 54.6 Å². The molecule has 0 aliphatic rings. The van der Waals surface area contributed by atoms with Gasteiger partial charge in [0.25, 0.3) is 5.91 Å². The van der Waals surface area contributed by atoms with Crippen LogP contribution in [0.4, 0.5) is 17.2 Å². The van der Waals surface area contributed by atoms with Crippen molar-refractivity contribution in [2.75, 3.05) is 17.7 Å². The summed E-state index contributed by atoms with van der Waals surface area (Å²) in [5.41, 5.74) is 4.10. The first kappa shape index (κ1) is 17.4. The quantitative estimate of drug-likeness (QED) is 0.726. The van der Waals surface area contributed by atoms with Crippen molar-refractivity contribution in [1.29, 1.82) is 0 Å². The molecule has 2 N–H and O–H groups in total. The highest BCUT2D eigenvalue weighted by Gasteiger charge is 2.10. The lowest BCUT2D eigenvalue weighted by Crippen LogP contribution is -2.14. The Morgan fingerprint density at radius 2 is 1.69 bits per heavy atom. The third-order valence-electron chi connectivity index (χ3n) is 3.96. The van der Waals surface area contributed by atoms with Gasteiger partial charge in [0.15, 0.2) is 11.5 Å². The van der Waals surface area contributed by atoms with Gasteiger partial charge in [-0.2, -0.15) is 0 Å². The van der Waals surface area contributed by atoms with E-state index in [1.54, 1.807) is 37.4 Å². The molecule has 1 aromatic heterocycles. The second-order valence-electron chi connectivity index (χ2n) is 5.88. The van der Waals surface area contributed by atoms with Crippen molar-refractivity contribution >= 4 is 23.1 Å². The monoisotopic (exact) mass is 348 g/mol. The number of methoxy groups -OCH3 is 1. The second kappa shape index (κ2) is 7.65. The maximum atomic E-state index is 12.3. The number of aromatic nitrogens is 2. The molecule has 3 rings (SSSR count). The van der Waals surface area contributed by atoms with Gasteiger partial charge in [0, 0.05) is 17.4 Å². The van der Waals surface area contributed by atoms with E-state index in [1.165, 1.54) is 0 Å². The van der Waals surface area contributed by atoms with Crippen molar-refractivity contribution in [3.05, 3.63) is 71.4 Å². The standard InChI is InChI=1S/C20H20N4O2/c1-13-6-4-7-14(2)19(13)22-18-11-10-17(23-24-18)20(25)21-15-8-5-9-16(12-15)26-3/h4-12H,1-3H3,(H,21,25)(H,22,24). The number of hydrogen-bond donors (Lipinski definition) is 2. The van der Waals surface area contributed by atoms with E-state index in [0.29, 0.717) is 17.3 Å². The number of nitrogens with zero attached hydrogens (tertiary/aromatic N) is 2. The highest BCUT2D eigenvalue weighted by atomic mass is 16.5. The summed E-state index contributed by atoms with van der Waals surface area (Å²) in [7, 11) is 1.58. The lowest BCUT2D eigenvalue weighted by Gasteiger charge is -2.11. The summed E-state index contributed by atoms with van der Waals surface area (Å²) in [6.07, 6.45) is 0. The van der Waals surface area contributed by atoms with E-state index >= 15 is 0 Å². The van der Waals surface area contributed by atoms with E-state index in [4.69, 9.17) is 4.74 Å². The summed E-state index contributed by atoms with van der Waals surface area (Å²) in [5, 5.41) is 14.2. The molecule has 0 radical (unpaired) electrons. The first-order valence-corrected chi connectivity index (χ1v) is 8.19. The molecular weight excluding hydrogens is 328 g/mol. The van der Waals surface area contributed by atoms with Crippen molar-refractivity contribution in [1.82, 2.24) is 10.2 Å². The Kier molecular flexibility index (Phi) is 5.12. The Bertz CT molecular complexity index is 903. The van der Waals surface area contributed by atoms with Crippen LogP contribution in [0.25, 0.3) is 0 Å². The number of para-hydroxylation sites is 1. The molecule has 2 aromatic carbocycles. The molecule has 26 heavy (non-hydrogen) atoms. The zero-order chi connectivity index (χ0) is 18.5. The van der Waals surface area contributed by atoms with Gasteiger partial charge in [-0.15, -0.1) is 10.2 Å². The molecule has 0 saturated heterocycles. The number of aryl methyl sites for hydroxylation is 2. The molecule has 0 aliphatic heterocycles. The minimum Gasteiger partial charge on any atom is -0.497 e. The van der Waals surface area contributed by atoms with Gasteiger partial charge in [0.05, 0.1) is 7.11 Å². The van der Waals surface area contributed by atoms with Gasteiger partial charge >= 0.3 is 0 Å². The van der Waals surface area contributed by atoms with E-state index in [2.05, 4.69) is 20.8 Å². The van der Waals surface area contributed by atoms with E-state index < -0.39 is 0 Å². The Balaban J connectivity index is 1.71. The molecular formula is C20H20N4O2. The van der Waals surface area contributed by atoms with Crippen LogP contribution >= 0.6 is 0 Å². The maximum absolute atomic E-state index is 12.3. The molecule has 1 amide bonds. The summed E-state index contributed by atoms with van der Waals surface area (Å²) in [4.78, 5) is 12.3. The molecule has 132 valence electrons. The van der Waals surface area contributed by atoms with Crippen LogP contribution in [0, 0.1) is 13.8 Å². The lowest BCUT2D eigenvalue weighted by molar-refractivity contribution is 0.102. The number of carbonyl (C=O) groups is 1. The fourth-order valence-electron chi connectivity index (χ4n) is 2.56. The average molecular weight is 348 g/mol. The van der Waals surface area contributed by atoms with Crippen LogP contribution in [0.3, 0.4) is 0 Å². The zero-order valence-corrected chi connectivity index (χ0v) is 14.9. The van der Waals surface area contributed by atoms with E-state index in [-0.39, 0.29) is 11.6 Å². The van der Waals surface area contributed by atoms with E-state index in [0.717, 1.165) is 16.8 Å². The van der Waals surface area contributed by atoms with Crippen molar-refractivity contribution in [3.63, 3.8) is 0 Å². The lowest BCUT2D eigenvalue weighted by atomic mass is 10.1. The maximum Gasteiger partial charge on any atom is 0.276 e. The number of amides is 1.